The molecule has 0 spiro atoms. The van der Waals surface area contributed by atoms with Crippen molar-refractivity contribution >= 4 is 11.9 Å². The number of aliphatic carboxylic acids is 1. The predicted molar refractivity (Wildman–Crippen MR) is 67.2 cm³/mol. The Morgan fingerprint density at radius 3 is 2.61 bits per heavy atom. The highest BCUT2D eigenvalue weighted by molar-refractivity contribution is 5.87. The highest BCUT2D eigenvalue weighted by atomic mass is 16.4. The van der Waals surface area contributed by atoms with Crippen LogP contribution >= 0.6 is 0 Å². The standard InChI is InChI=1S/C13H22N2O3/c16-11(4-3-10-5-8-14-9-10)15-13(12(17)18)6-1-2-7-13/h10,14H,1-9H2,(H,15,16)(H,17,18). The second-order valence-corrected chi connectivity index (χ2v) is 5.54. The predicted octanol–water partition coefficient (Wildman–Crippen LogP) is 0.890. The van der Waals surface area contributed by atoms with Gasteiger partial charge in [0.2, 0.25) is 5.91 Å². The van der Waals surface area contributed by atoms with Gasteiger partial charge in [0.1, 0.15) is 5.54 Å². The lowest BCUT2D eigenvalue weighted by Gasteiger charge is -2.25. The maximum atomic E-state index is 11.9. The Kier molecular flexibility index (Phi) is 4.22. The number of rotatable bonds is 5. The fraction of sp³-hybridized carbons (Fsp3) is 0.846. The first-order chi connectivity index (χ1) is 8.62. The molecular formula is C13H22N2O3. The fourth-order valence-electron chi connectivity index (χ4n) is 3.00. The molecule has 1 aliphatic carbocycles. The summed E-state index contributed by atoms with van der Waals surface area (Å²) in [4.78, 5) is 23.2. The molecule has 5 heteroatoms. The van der Waals surface area contributed by atoms with E-state index in [4.69, 9.17) is 0 Å². The van der Waals surface area contributed by atoms with Gasteiger partial charge in [-0.15, -0.1) is 0 Å². The fourth-order valence-corrected chi connectivity index (χ4v) is 3.00. The largest absolute Gasteiger partial charge is 0.480 e. The van der Waals surface area contributed by atoms with Crippen LogP contribution in [-0.4, -0.2) is 35.6 Å². The third-order valence-corrected chi connectivity index (χ3v) is 4.19. The van der Waals surface area contributed by atoms with Gasteiger partial charge in [0, 0.05) is 6.42 Å². The van der Waals surface area contributed by atoms with E-state index in [2.05, 4.69) is 10.6 Å². The van der Waals surface area contributed by atoms with Crippen LogP contribution in [0, 0.1) is 5.92 Å². The molecule has 1 heterocycles. The minimum Gasteiger partial charge on any atom is -0.480 e. The van der Waals surface area contributed by atoms with Crippen LogP contribution in [0.1, 0.15) is 44.9 Å². The molecule has 2 rings (SSSR count). The highest BCUT2D eigenvalue weighted by Crippen LogP contribution is 2.30. The smallest absolute Gasteiger partial charge is 0.329 e. The Balaban J connectivity index is 1.80. The van der Waals surface area contributed by atoms with Crippen molar-refractivity contribution in [3.63, 3.8) is 0 Å². The van der Waals surface area contributed by atoms with Gasteiger partial charge in [-0.1, -0.05) is 12.8 Å². The highest BCUT2D eigenvalue weighted by Gasteiger charge is 2.42. The second kappa shape index (κ2) is 5.69. The molecule has 0 radical (unpaired) electrons. The third kappa shape index (κ3) is 3.02. The minimum absolute atomic E-state index is 0.105. The summed E-state index contributed by atoms with van der Waals surface area (Å²) in [6.45, 7) is 2.02. The van der Waals surface area contributed by atoms with E-state index >= 15 is 0 Å². The summed E-state index contributed by atoms with van der Waals surface area (Å²) in [5, 5.41) is 15.3. The van der Waals surface area contributed by atoms with E-state index < -0.39 is 11.5 Å². The molecule has 1 saturated carbocycles. The SMILES string of the molecule is O=C(CCC1CCNC1)NC1(C(=O)O)CCCC1. The molecule has 1 atom stereocenters. The van der Waals surface area contributed by atoms with Crippen LogP contribution in [0.3, 0.4) is 0 Å². The van der Waals surface area contributed by atoms with Crippen LogP contribution in [-0.2, 0) is 9.59 Å². The van der Waals surface area contributed by atoms with E-state index in [0.717, 1.165) is 38.8 Å². The van der Waals surface area contributed by atoms with Gasteiger partial charge >= 0.3 is 5.97 Å². The molecule has 0 aromatic heterocycles. The lowest BCUT2D eigenvalue weighted by Crippen LogP contribution is -2.52. The van der Waals surface area contributed by atoms with Crippen molar-refractivity contribution in [1.29, 1.82) is 0 Å². The van der Waals surface area contributed by atoms with Gasteiger partial charge in [-0.25, -0.2) is 4.79 Å². The quantitative estimate of drug-likeness (QED) is 0.681. The number of carboxylic acid groups (broad SMARTS) is 1. The first-order valence-corrected chi connectivity index (χ1v) is 6.87. The van der Waals surface area contributed by atoms with E-state index in [1.807, 2.05) is 0 Å². The number of hydrogen-bond donors (Lipinski definition) is 3. The molecule has 2 fully saturated rings. The van der Waals surface area contributed by atoms with Crippen molar-refractivity contribution in [3.8, 4) is 0 Å². The minimum atomic E-state index is -0.981. The monoisotopic (exact) mass is 254 g/mol. The van der Waals surface area contributed by atoms with Crippen molar-refractivity contribution in [3.05, 3.63) is 0 Å². The summed E-state index contributed by atoms with van der Waals surface area (Å²) in [6.07, 6.45) is 5.34. The maximum Gasteiger partial charge on any atom is 0.329 e. The van der Waals surface area contributed by atoms with Crippen molar-refractivity contribution in [2.45, 2.75) is 50.5 Å². The first kappa shape index (κ1) is 13.3. The molecule has 0 aromatic carbocycles. The van der Waals surface area contributed by atoms with Crippen LogP contribution in [0.5, 0.6) is 0 Å². The van der Waals surface area contributed by atoms with E-state index in [0.29, 0.717) is 25.2 Å². The van der Waals surface area contributed by atoms with Gasteiger partial charge in [-0.2, -0.15) is 0 Å². The molecule has 102 valence electrons. The Hall–Kier alpha value is -1.10. The van der Waals surface area contributed by atoms with E-state index in [1.54, 1.807) is 0 Å². The van der Waals surface area contributed by atoms with Gasteiger partial charge in [0.15, 0.2) is 0 Å². The molecular weight excluding hydrogens is 232 g/mol. The number of carbonyl (C=O) groups is 2. The van der Waals surface area contributed by atoms with E-state index in [1.165, 1.54) is 0 Å². The first-order valence-electron chi connectivity index (χ1n) is 6.87. The molecule has 1 unspecified atom stereocenters. The molecule has 5 nitrogen and oxygen atoms in total. The Bertz CT molecular complexity index is 318. The Morgan fingerprint density at radius 1 is 1.33 bits per heavy atom. The van der Waals surface area contributed by atoms with Crippen LogP contribution < -0.4 is 10.6 Å². The zero-order valence-electron chi connectivity index (χ0n) is 10.7. The molecule has 0 aromatic rings. The van der Waals surface area contributed by atoms with Crippen molar-refractivity contribution < 1.29 is 14.7 Å². The third-order valence-electron chi connectivity index (χ3n) is 4.19. The molecule has 1 saturated heterocycles. The number of carboxylic acids is 1. The molecule has 18 heavy (non-hydrogen) atoms. The lowest BCUT2D eigenvalue weighted by molar-refractivity contribution is -0.147. The molecule has 1 amide bonds. The topological polar surface area (TPSA) is 78.4 Å². The van der Waals surface area contributed by atoms with Crippen molar-refractivity contribution in [1.82, 2.24) is 10.6 Å². The second-order valence-electron chi connectivity index (χ2n) is 5.54. The average molecular weight is 254 g/mol. The summed E-state index contributed by atoms with van der Waals surface area (Å²) in [7, 11) is 0. The van der Waals surface area contributed by atoms with Crippen molar-refractivity contribution in [2.75, 3.05) is 13.1 Å². The Labute approximate surface area is 107 Å². The summed E-state index contributed by atoms with van der Waals surface area (Å²) < 4.78 is 0. The van der Waals surface area contributed by atoms with Gasteiger partial charge in [0.05, 0.1) is 0 Å². The van der Waals surface area contributed by atoms with E-state index in [-0.39, 0.29) is 5.91 Å². The van der Waals surface area contributed by atoms with Gasteiger partial charge < -0.3 is 15.7 Å². The number of amides is 1. The number of nitrogens with one attached hydrogen (secondary N) is 2. The molecule has 3 N–H and O–H groups in total. The van der Waals surface area contributed by atoms with Crippen molar-refractivity contribution in [2.24, 2.45) is 5.92 Å². The number of hydrogen-bond acceptors (Lipinski definition) is 3. The van der Waals surface area contributed by atoms with E-state index in [9.17, 15) is 14.7 Å². The summed E-state index contributed by atoms with van der Waals surface area (Å²) in [5.41, 5.74) is -0.981. The normalized spacial score (nSPS) is 26.1. The summed E-state index contributed by atoms with van der Waals surface area (Å²) in [6, 6.07) is 0. The van der Waals surface area contributed by atoms with Crippen LogP contribution in [0.25, 0.3) is 0 Å². The van der Waals surface area contributed by atoms with Gasteiger partial charge in [-0.05, 0) is 44.7 Å². The maximum absolute atomic E-state index is 11.9. The summed E-state index contributed by atoms with van der Waals surface area (Å²) >= 11 is 0. The lowest BCUT2D eigenvalue weighted by atomic mass is 9.96. The van der Waals surface area contributed by atoms with Crippen LogP contribution in [0.15, 0.2) is 0 Å². The number of carbonyl (C=O) groups excluding carboxylic acids is 1. The molecule has 1 aliphatic heterocycles. The molecule has 2 aliphatic rings. The van der Waals surface area contributed by atoms with Gasteiger partial charge in [-0.3, -0.25) is 4.79 Å². The van der Waals surface area contributed by atoms with Crippen LogP contribution in [0.2, 0.25) is 0 Å². The average Bonchev–Trinajstić information content (AvgIpc) is 2.97. The zero-order chi connectivity index (χ0) is 13.0. The molecule has 0 bridgehead atoms. The van der Waals surface area contributed by atoms with Crippen LogP contribution in [0.4, 0.5) is 0 Å². The Morgan fingerprint density at radius 2 is 2.06 bits per heavy atom. The zero-order valence-corrected chi connectivity index (χ0v) is 10.7. The van der Waals surface area contributed by atoms with Gasteiger partial charge in [0.25, 0.3) is 0 Å². The summed E-state index contributed by atoms with van der Waals surface area (Å²) in [5.74, 6) is -0.415.